The van der Waals surface area contributed by atoms with E-state index < -0.39 is 0 Å². The Kier molecular flexibility index (Phi) is 7.43. The third-order valence-electron chi connectivity index (χ3n) is 10.0. The monoisotopic (exact) mass is 676 g/mol. The van der Waals surface area contributed by atoms with Crippen molar-refractivity contribution in [1.82, 2.24) is 19.5 Å². The quantitative estimate of drug-likeness (QED) is 0.176. The number of hydrogen-bond donors (Lipinski definition) is 0. The fraction of sp³-hybridized carbons (Fsp3) is 0. The first-order chi connectivity index (χ1) is 26.3. The lowest BCUT2D eigenvalue weighted by Gasteiger charge is -2.13. The van der Waals surface area contributed by atoms with Gasteiger partial charge in [-0.2, -0.15) is 0 Å². The molecule has 53 heavy (non-hydrogen) atoms. The summed E-state index contributed by atoms with van der Waals surface area (Å²) in [7, 11) is 0. The second-order valence-electron chi connectivity index (χ2n) is 13.2. The largest absolute Gasteiger partial charge is 0.307 e. The maximum atomic E-state index is 5.35. The van der Waals surface area contributed by atoms with E-state index in [-0.39, 0.29) is 0 Å². The summed E-state index contributed by atoms with van der Waals surface area (Å²) >= 11 is 0. The summed E-state index contributed by atoms with van der Waals surface area (Å²) in [5, 5.41) is 3.56. The van der Waals surface area contributed by atoms with Gasteiger partial charge in [0.2, 0.25) is 0 Å². The Labute approximate surface area is 307 Å². The number of pyridine rings is 1. The van der Waals surface area contributed by atoms with Crippen LogP contribution in [-0.4, -0.2) is 19.5 Å². The minimum atomic E-state index is 0.694. The molecule has 4 heteroatoms. The Morgan fingerprint density at radius 1 is 0.358 bits per heavy atom. The van der Waals surface area contributed by atoms with Crippen LogP contribution in [0.4, 0.5) is 0 Å². The summed E-state index contributed by atoms with van der Waals surface area (Å²) in [6.45, 7) is 0. The van der Waals surface area contributed by atoms with Crippen molar-refractivity contribution in [2.45, 2.75) is 0 Å². The molecule has 0 atom stereocenters. The smallest absolute Gasteiger partial charge is 0.160 e. The van der Waals surface area contributed by atoms with Crippen molar-refractivity contribution in [2.75, 3.05) is 0 Å². The van der Waals surface area contributed by atoms with Gasteiger partial charge in [-0.3, -0.25) is 0 Å². The van der Waals surface area contributed by atoms with Gasteiger partial charge in [0, 0.05) is 44.1 Å². The van der Waals surface area contributed by atoms with E-state index in [0.29, 0.717) is 5.82 Å². The van der Waals surface area contributed by atoms with Gasteiger partial charge in [0.15, 0.2) is 5.82 Å². The van der Waals surface area contributed by atoms with Crippen molar-refractivity contribution in [3.63, 3.8) is 0 Å². The van der Waals surface area contributed by atoms with E-state index in [0.717, 1.165) is 67.0 Å². The molecule has 0 unspecified atom stereocenters. The van der Waals surface area contributed by atoms with Crippen LogP contribution in [0.5, 0.6) is 0 Å². The van der Waals surface area contributed by atoms with Gasteiger partial charge in [-0.05, 0) is 41.5 Å². The highest BCUT2D eigenvalue weighted by molar-refractivity contribution is 6.23. The zero-order chi connectivity index (χ0) is 35.1. The summed E-state index contributed by atoms with van der Waals surface area (Å²) in [5.41, 5.74) is 13.4. The molecular formula is C49H32N4. The average Bonchev–Trinajstić information content (AvgIpc) is 3.60. The van der Waals surface area contributed by atoms with Crippen molar-refractivity contribution < 1.29 is 0 Å². The van der Waals surface area contributed by atoms with Crippen LogP contribution >= 0.6 is 0 Å². The van der Waals surface area contributed by atoms with Crippen LogP contribution in [0.2, 0.25) is 0 Å². The number of para-hydroxylation sites is 3. The molecule has 4 nitrogen and oxygen atoms in total. The second-order valence-corrected chi connectivity index (χ2v) is 13.2. The van der Waals surface area contributed by atoms with Crippen molar-refractivity contribution >= 4 is 32.7 Å². The first-order valence-electron chi connectivity index (χ1n) is 17.9. The van der Waals surface area contributed by atoms with Gasteiger partial charge >= 0.3 is 0 Å². The first kappa shape index (κ1) is 30.6. The molecule has 0 aliphatic carbocycles. The highest BCUT2D eigenvalue weighted by Gasteiger charge is 2.21. The standard InChI is InChI=1S/C49H32N4/c1-4-14-33(15-5-1)34-24-26-35(27-25-34)43-32-44(52-49(51-43)38-16-6-2-7-17-38)36-28-30-37(31-29-36)47-48-46(40-20-10-12-22-42(40)50-47)41-21-11-13-23-45(41)53(48)39-18-8-3-9-19-39/h1-32H. The zero-order valence-corrected chi connectivity index (χ0v) is 28.8. The molecule has 3 heterocycles. The van der Waals surface area contributed by atoms with E-state index in [1.807, 2.05) is 24.3 Å². The molecule has 7 aromatic carbocycles. The van der Waals surface area contributed by atoms with Gasteiger partial charge < -0.3 is 4.57 Å². The molecule has 0 aliphatic heterocycles. The maximum absolute atomic E-state index is 5.35. The number of benzene rings is 7. The van der Waals surface area contributed by atoms with E-state index in [2.05, 4.69) is 174 Å². The summed E-state index contributed by atoms with van der Waals surface area (Å²) < 4.78 is 2.36. The average molecular weight is 677 g/mol. The molecular weight excluding hydrogens is 645 g/mol. The highest BCUT2D eigenvalue weighted by Crippen LogP contribution is 2.41. The SMILES string of the molecule is c1ccc(-c2ccc(-c3cc(-c4ccc(-c5nc6ccccc6c6c7ccccc7n(-c7ccccc7)c56)cc4)nc(-c4ccccc4)n3)cc2)cc1. The normalized spacial score (nSPS) is 11.4. The van der Waals surface area contributed by atoms with Crippen LogP contribution in [0.25, 0.3) is 94.7 Å². The second kappa shape index (κ2) is 12.9. The van der Waals surface area contributed by atoms with Gasteiger partial charge in [-0.1, -0.05) is 164 Å². The summed E-state index contributed by atoms with van der Waals surface area (Å²) in [4.78, 5) is 15.5. The molecule has 0 amide bonds. The Morgan fingerprint density at radius 2 is 0.849 bits per heavy atom. The van der Waals surface area contributed by atoms with Crippen LogP contribution in [0.15, 0.2) is 194 Å². The van der Waals surface area contributed by atoms with E-state index in [9.17, 15) is 0 Å². The summed E-state index contributed by atoms with van der Waals surface area (Å²) in [6, 6.07) is 67.8. The lowest BCUT2D eigenvalue weighted by Crippen LogP contribution is -1.98. The molecule has 0 fully saturated rings. The minimum Gasteiger partial charge on any atom is -0.307 e. The Bertz CT molecular complexity index is 2900. The molecule has 10 rings (SSSR count). The van der Waals surface area contributed by atoms with Crippen molar-refractivity contribution in [3.8, 4) is 62.0 Å². The summed E-state index contributed by atoms with van der Waals surface area (Å²) in [6.07, 6.45) is 0. The van der Waals surface area contributed by atoms with Crippen LogP contribution in [0.1, 0.15) is 0 Å². The van der Waals surface area contributed by atoms with E-state index in [1.54, 1.807) is 0 Å². The van der Waals surface area contributed by atoms with Crippen molar-refractivity contribution in [3.05, 3.63) is 194 Å². The number of rotatable bonds is 6. The van der Waals surface area contributed by atoms with Crippen LogP contribution in [0, 0.1) is 0 Å². The molecule has 10 aromatic rings. The predicted molar refractivity (Wildman–Crippen MR) is 219 cm³/mol. The van der Waals surface area contributed by atoms with E-state index in [4.69, 9.17) is 15.0 Å². The Balaban J connectivity index is 1.13. The number of nitrogens with zero attached hydrogens (tertiary/aromatic N) is 4. The molecule has 248 valence electrons. The zero-order valence-electron chi connectivity index (χ0n) is 28.8. The van der Waals surface area contributed by atoms with Gasteiger partial charge in [-0.25, -0.2) is 15.0 Å². The van der Waals surface area contributed by atoms with Crippen molar-refractivity contribution in [1.29, 1.82) is 0 Å². The minimum absolute atomic E-state index is 0.694. The fourth-order valence-electron chi connectivity index (χ4n) is 7.46. The van der Waals surface area contributed by atoms with Gasteiger partial charge in [0.25, 0.3) is 0 Å². The lowest BCUT2D eigenvalue weighted by molar-refractivity contribution is 1.17. The molecule has 0 saturated heterocycles. The molecule has 3 aromatic heterocycles. The molecule has 0 aliphatic rings. The van der Waals surface area contributed by atoms with Crippen LogP contribution < -0.4 is 0 Å². The molecule has 0 N–H and O–H groups in total. The first-order valence-corrected chi connectivity index (χ1v) is 17.9. The van der Waals surface area contributed by atoms with Crippen molar-refractivity contribution in [2.24, 2.45) is 0 Å². The van der Waals surface area contributed by atoms with Crippen LogP contribution in [-0.2, 0) is 0 Å². The number of fused-ring (bicyclic) bond motifs is 5. The molecule has 0 spiro atoms. The lowest BCUT2D eigenvalue weighted by atomic mass is 10.00. The third-order valence-corrected chi connectivity index (χ3v) is 10.0. The molecule has 0 saturated carbocycles. The topological polar surface area (TPSA) is 43.6 Å². The van der Waals surface area contributed by atoms with Crippen LogP contribution in [0.3, 0.4) is 0 Å². The Morgan fingerprint density at radius 3 is 1.51 bits per heavy atom. The maximum Gasteiger partial charge on any atom is 0.160 e. The number of hydrogen-bond acceptors (Lipinski definition) is 3. The molecule has 0 bridgehead atoms. The highest BCUT2D eigenvalue weighted by atomic mass is 15.0. The van der Waals surface area contributed by atoms with Gasteiger partial charge in [-0.15, -0.1) is 0 Å². The third kappa shape index (κ3) is 5.45. The van der Waals surface area contributed by atoms with E-state index in [1.165, 1.54) is 21.9 Å². The molecule has 0 radical (unpaired) electrons. The van der Waals surface area contributed by atoms with Gasteiger partial charge in [0.05, 0.1) is 33.6 Å². The van der Waals surface area contributed by atoms with E-state index >= 15 is 0 Å². The number of aromatic nitrogens is 4. The van der Waals surface area contributed by atoms with Gasteiger partial charge in [0.1, 0.15) is 0 Å². The predicted octanol–water partition coefficient (Wildman–Crippen LogP) is 12.5. The summed E-state index contributed by atoms with van der Waals surface area (Å²) in [5.74, 6) is 0.694. The fourth-order valence-corrected chi connectivity index (χ4v) is 7.46. The Hall–Kier alpha value is -7.17.